The molecule has 0 amide bonds. The maximum Gasteiger partial charge on any atom is 0.416 e. The van der Waals surface area contributed by atoms with Gasteiger partial charge in [0.25, 0.3) is 0 Å². The van der Waals surface area contributed by atoms with Gasteiger partial charge in [0.1, 0.15) is 11.6 Å². The second kappa shape index (κ2) is 7.41. The van der Waals surface area contributed by atoms with Gasteiger partial charge in [-0.25, -0.2) is 15.0 Å². The molecule has 0 unspecified atom stereocenters. The lowest BCUT2D eigenvalue weighted by molar-refractivity contribution is -0.137. The van der Waals surface area contributed by atoms with Crippen LogP contribution in [0.4, 0.5) is 13.2 Å². The number of hydrogen-bond acceptors (Lipinski definition) is 4. The van der Waals surface area contributed by atoms with Gasteiger partial charge in [0.15, 0.2) is 5.82 Å². The summed E-state index contributed by atoms with van der Waals surface area (Å²) in [6.45, 7) is 3.47. The van der Waals surface area contributed by atoms with Crippen molar-refractivity contribution in [2.24, 2.45) is 0 Å². The lowest BCUT2D eigenvalue weighted by Gasteiger charge is -2.12. The molecule has 0 saturated carbocycles. The number of aryl methyl sites for hydroxylation is 2. The summed E-state index contributed by atoms with van der Waals surface area (Å²) < 4.78 is 42.3. The van der Waals surface area contributed by atoms with E-state index in [0.717, 1.165) is 23.0 Å². The fourth-order valence-corrected chi connectivity index (χ4v) is 4.12. The van der Waals surface area contributed by atoms with Crippen molar-refractivity contribution in [1.29, 1.82) is 5.26 Å². The largest absolute Gasteiger partial charge is 0.416 e. The molecule has 0 fully saturated rings. The molecule has 8 heteroatoms. The Hall–Kier alpha value is -4.25. The van der Waals surface area contributed by atoms with Gasteiger partial charge in [-0.05, 0) is 50.2 Å². The molecule has 33 heavy (non-hydrogen) atoms. The maximum atomic E-state index is 13.5. The van der Waals surface area contributed by atoms with Crippen LogP contribution in [-0.2, 0) is 6.18 Å². The predicted molar refractivity (Wildman–Crippen MR) is 119 cm³/mol. The van der Waals surface area contributed by atoms with E-state index >= 15 is 0 Å². The SMILES string of the molecule is Cc1nc(C)nc(-c2cc(-n3c4ccccc4c4ccc(C(F)(F)F)cc43)ccc2C#N)n1. The Bertz CT molecular complexity index is 1570. The summed E-state index contributed by atoms with van der Waals surface area (Å²) in [5, 5.41) is 11.2. The van der Waals surface area contributed by atoms with E-state index in [2.05, 4.69) is 21.0 Å². The minimum absolute atomic E-state index is 0.343. The Balaban J connectivity index is 1.84. The number of benzene rings is 3. The van der Waals surface area contributed by atoms with Crippen molar-refractivity contribution in [1.82, 2.24) is 19.5 Å². The minimum atomic E-state index is -4.47. The summed E-state index contributed by atoms with van der Waals surface area (Å²) in [5.74, 6) is 1.37. The van der Waals surface area contributed by atoms with Crippen molar-refractivity contribution in [3.63, 3.8) is 0 Å². The third kappa shape index (κ3) is 3.48. The number of nitriles is 1. The van der Waals surface area contributed by atoms with Gasteiger partial charge in [0, 0.05) is 22.0 Å². The first-order chi connectivity index (χ1) is 15.8. The molecule has 5 rings (SSSR count). The molecule has 162 valence electrons. The second-order valence-electron chi connectivity index (χ2n) is 7.68. The van der Waals surface area contributed by atoms with Crippen LogP contribution in [0.2, 0.25) is 0 Å². The minimum Gasteiger partial charge on any atom is -0.309 e. The summed E-state index contributed by atoms with van der Waals surface area (Å²) in [5.41, 5.74) is 1.90. The van der Waals surface area contributed by atoms with E-state index < -0.39 is 11.7 Å². The van der Waals surface area contributed by atoms with Gasteiger partial charge in [-0.2, -0.15) is 18.4 Å². The lowest BCUT2D eigenvalue weighted by atomic mass is 10.1. The molecule has 2 heterocycles. The van der Waals surface area contributed by atoms with E-state index in [1.807, 2.05) is 24.3 Å². The molecular formula is C25H16F3N5. The quantitative estimate of drug-likeness (QED) is 0.329. The molecule has 3 aromatic carbocycles. The highest BCUT2D eigenvalue weighted by atomic mass is 19.4. The van der Waals surface area contributed by atoms with Crippen LogP contribution < -0.4 is 0 Å². The highest BCUT2D eigenvalue weighted by Crippen LogP contribution is 2.37. The molecule has 5 aromatic rings. The first kappa shape index (κ1) is 20.6. The lowest BCUT2D eigenvalue weighted by Crippen LogP contribution is -2.05. The summed E-state index contributed by atoms with van der Waals surface area (Å²) in [4.78, 5) is 12.9. The summed E-state index contributed by atoms with van der Waals surface area (Å²) in [6, 6.07) is 18.4. The molecule has 0 spiro atoms. The normalized spacial score (nSPS) is 11.8. The molecule has 0 aliphatic carbocycles. The first-order valence-corrected chi connectivity index (χ1v) is 10.1. The number of alkyl halides is 3. The van der Waals surface area contributed by atoms with Crippen LogP contribution in [0.5, 0.6) is 0 Å². The predicted octanol–water partition coefficient (Wildman–Crippen LogP) is 6.14. The third-order valence-corrected chi connectivity index (χ3v) is 5.48. The van der Waals surface area contributed by atoms with Crippen LogP contribution in [0.25, 0.3) is 38.9 Å². The standard InChI is InChI=1S/C25H16F3N5/c1-14-30-15(2)32-24(31-14)21-12-18(9-7-16(21)13-29)33-22-6-4-3-5-19(22)20-10-8-17(11-23(20)33)25(26,27)28/h3-12H,1-2H3. The number of aromatic nitrogens is 4. The zero-order valence-electron chi connectivity index (χ0n) is 17.6. The van der Waals surface area contributed by atoms with Crippen molar-refractivity contribution >= 4 is 21.8 Å². The molecule has 0 aliphatic heterocycles. The molecule has 0 radical (unpaired) electrons. The monoisotopic (exact) mass is 443 g/mol. The average Bonchev–Trinajstić information content (AvgIpc) is 3.11. The smallest absolute Gasteiger partial charge is 0.309 e. The zero-order chi connectivity index (χ0) is 23.3. The zero-order valence-corrected chi connectivity index (χ0v) is 17.6. The maximum absolute atomic E-state index is 13.5. The molecular weight excluding hydrogens is 427 g/mol. The van der Waals surface area contributed by atoms with Gasteiger partial charge >= 0.3 is 6.18 Å². The van der Waals surface area contributed by atoms with E-state index in [1.165, 1.54) is 6.07 Å². The van der Waals surface area contributed by atoms with E-state index in [0.29, 0.717) is 45.2 Å². The summed E-state index contributed by atoms with van der Waals surface area (Å²) in [7, 11) is 0. The van der Waals surface area contributed by atoms with Crippen molar-refractivity contribution in [3.05, 3.63) is 83.4 Å². The molecule has 0 N–H and O–H groups in total. The molecule has 0 saturated heterocycles. The number of nitrogens with zero attached hydrogens (tertiary/aromatic N) is 5. The molecule has 0 aliphatic rings. The Morgan fingerprint density at radius 3 is 2.21 bits per heavy atom. The number of para-hydroxylation sites is 1. The Morgan fingerprint density at radius 2 is 1.52 bits per heavy atom. The van der Waals surface area contributed by atoms with Crippen LogP contribution in [0.15, 0.2) is 60.7 Å². The van der Waals surface area contributed by atoms with Gasteiger partial charge in [0.05, 0.1) is 28.2 Å². The molecule has 0 atom stereocenters. The molecule has 2 aromatic heterocycles. The average molecular weight is 443 g/mol. The fourth-order valence-electron chi connectivity index (χ4n) is 4.12. The number of rotatable bonds is 2. The number of fused-ring (bicyclic) bond motifs is 3. The van der Waals surface area contributed by atoms with Crippen LogP contribution in [0.3, 0.4) is 0 Å². The van der Waals surface area contributed by atoms with E-state index in [-0.39, 0.29) is 0 Å². The van der Waals surface area contributed by atoms with Crippen molar-refractivity contribution < 1.29 is 13.2 Å². The summed E-state index contributed by atoms with van der Waals surface area (Å²) >= 11 is 0. The van der Waals surface area contributed by atoms with Crippen LogP contribution in [0, 0.1) is 25.2 Å². The van der Waals surface area contributed by atoms with Gasteiger partial charge < -0.3 is 4.57 Å². The Kier molecular flexibility index (Phi) is 4.64. The van der Waals surface area contributed by atoms with E-state index in [4.69, 9.17) is 0 Å². The van der Waals surface area contributed by atoms with E-state index in [9.17, 15) is 18.4 Å². The van der Waals surface area contributed by atoms with Crippen molar-refractivity contribution in [2.45, 2.75) is 20.0 Å². The van der Waals surface area contributed by atoms with Crippen LogP contribution in [-0.4, -0.2) is 19.5 Å². The van der Waals surface area contributed by atoms with Gasteiger partial charge in [-0.3, -0.25) is 0 Å². The van der Waals surface area contributed by atoms with Crippen LogP contribution in [0.1, 0.15) is 22.8 Å². The molecule has 0 bridgehead atoms. The third-order valence-electron chi connectivity index (χ3n) is 5.48. The Labute approximate surface area is 186 Å². The van der Waals surface area contributed by atoms with Gasteiger partial charge in [-0.15, -0.1) is 0 Å². The van der Waals surface area contributed by atoms with Gasteiger partial charge in [-0.1, -0.05) is 24.3 Å². The van der Waals surface area contributed by atoms with Crippen molar-refractivity contribution in [3.8, 4) is 23.1 Å². The number of halogens is 3. The second-order valence-corrected chi connectivity index (χ2v) is 7.68. The highest BCUT2D eigenvalue weighted by molar-refractivity contribution is 6.09. The summed E-state index contributed by atoms with van der Waals surface area (Å²) in [6.07, 6.45) is -4.47. The topological polar surface area (TPSA) is 67.4 Å². The van der Waals surface area contributed by atoms with E-state index in [1.54, 1.807) is 36.6 Å². The highest BCUT2D eigenvalue weighted by Gasteiger charge is 2.31. The van der Waals surface area contributed by atoms with Crippen LogP contribution >= 0.6 is 0 Å². The molecule has 5 nitrogen and oxygen atoms in total. The van der Waals surface area contributed by atoms with Crippen molar-refractivity contribution in [2.75, 3.05) is 0 Å². The number of hydrogen-bond donors (Lipinski definition) is 0. The fraction of sp³-hybridized carbons (Fsp3) is 0.120. The van der Waals surface area contributed by atoms with Gasteiger partial charge in [0.2, 0.25) is 0 Å². The Morgan fingerprint density at radius 1 is 0.818 bits per heavy atom. The first-order valence-electron chi connectivity index (χ1n) is 10.1.